The molecule has 6 nitrogen and oxygen atoms in total. The maximum Gasteiger partial charge on any atom is 0.339 e. The van der Waals surface area contributed by atoms with Crippen LogP contribution in [0.3, 0.4) is 0 Å². The molecule has 0 aromatic carbocycles. The molecule has 2 rings (SSSR count). The van der Waals surface area contributed by atoms with Gasteiger partial charge in [0.05, 0.1) is 0 Å². The normalized spacial score (nSPS) is 10.3. The summed E-state index contributed by atoms with van der Waals surface area (Å²) in [5, 5.41) is 8.95. The van der Waals surface area contributed by atoms with Gasteiger partial charge in [-0.2, -0.15) is 0 Å². The zero-order valence-corrected chi connectivity index (χ0v) is 9.62. The summed E-state index contributed by atoms with van der Waals surface area (Å²) < 4.78 is 1.42. The van der Waals surface area contributed by atoms with Crippen molar-refractivity contribution in [3.05, 3.63) is 46.5 Å². The van der Waals surface area contributed by atoms with E-state index in [0.717, 1.165) is 0 Å². The zero-order chi connectivity index (χ0) is 13.3. The van der Waals surface area contributed by atoms with Gasteiger partial charge in [-0.1, -0.05) is 0 Å². The Bertz CT molecular complexity index is 677. The van der Waals surface area contributed by atoms with Gasteiger partial charge in [-0.05, 0) is 17.7 Å². The lowest BCUT2D eigenvalue weighted by atomic mass is 10.1. The lowest BCUT2D eigenvalue weighted by Crippen LogP contribution is -2.14. The van der Waals surface area contributed by atoms with Gasteiger partial charge in [-0.3, -0.25) is 4.79 Å². The fourth-order valence-corrected chi connectivity index (χ4v) is 1.53. The summed E-state index contributed by atoms with van der Waals surface area (Å²) in [6.07, 6.45) is 3.05. The Kier molecular flexibility index (Phi) is 2.85. The highest BCUT2D eigenvalue weighted by Gasteiger charge is 2.11. The largest absolute Gasteiger partial charge is 0.478 e. The van der Waals surface area contributed by atoms with E-state index in [1.54, 1.807) is 19.3 Å². The zero-order valence-electron chi connectivity index (χ0n) is 9.62. The van der Waals surface area contributed by atoms with Crippen LogP contribution < -0.4 is 11.3 Å². The molecule has 0 bridgehead atoms. The van der Waals surface area contributed by atoms with Crippen LogP contribution in [0.5, 0.6) is 0 Å². The fourth-order valence-electron chi connectivity index (χ4n) is 1.53. The maximum absolute atomic E-state index is 11.5. The van der Waals surface area contributed by atoms with E-state index in [-0.39, 0.29) is 16.9 Å². The van der Waals surface area contributed by atoms with Crippen LogP contribution in [0.25, 0.3) is 11.1 Å². The van der Waals surface area contributed by atoms with Gasteiger partial charge >= 0.3 is 5.97 Å². The third-order valence-electron chi connectivity index (χ3n) is 2.59. The van der Waals surface area contributed by atoms with Crippen LogP contribution in [0.15, 0.2) is 35.4 Å². The molecule has 0 unspecified atom stereocenters. The first-order chi connectivity index (χ1) is 8.49. The molecule has 0 aliphatic carbocycles. The average molecular weight is 245 g/mol. The Labute approximate surface area is 102 Å². The van der Waals surface area contributed by atoms with E-state index in [1.807, 2.05) is 0 Å². The third kappa shape index (κ3) is 2.08. The molecule has 0 saturated heterocycles. The molecule has 0 amide bonds. The minimum absolute atomic E-state index is 0.0462. The number of aromatic nitrogens is 2. The first kappa shape index (κ1) is 11.8. The lowest BCUT2D eigenvalue weighted by molar-refractivity contribution is 0.0697. The monoisotopic (exact) mass is 245 g/mol. The Morgan fingerprint density at radius 2 is 2.11 bits per heavy atom. The number of carboxylic acid groups (broad SMARTS) is 1. The van der Waals surface area contributed by atoms with Gasteiger partial charge < -0.3 is 15.4 Å². The van der Waals surface area contributed by atoms with Crippen LogP contribution in [-0.2, 0) is 7.05 Å². The van der Waals surface area contributed by atoms with Crippen LogP contribution in [0.1, 0.15) is 10.4 Å². The van der Waals surface area contributed by atoms with E-state index in [9.17, 15) is 9.59 Å². The number of carbonyl (C=O) groups is 1. The van der Waals surface area contributed by atoms with Crippen LogP contribution in [-0.4, -0.2) is 20.6 Å². The number of hydrogen-bond acceptors (Lipinski definition) is 4. The highest BCUT2D eigenvalue weighted by atomic mass is 16.4. The Hall–Kier alpha value is -2.63. The van der Waals surface area contributed by atoms with Crippen molar-refractivity contribution in [2.24, 2.45) is 7.05 Å². The predicted molar refractivity (Wildman–Crippen MR) is 66.3 cm³/mol. The minimum atomic E-state index is -1.15. The number of anilines is 1. The van der Waals surface area contributed by atoms with Crippen molar-refractivity contribution in [2.75, 3.05) is 5.73 Å². The van der Waals surface area contributed by atoms with Crippen molar-refractivity contribution in [3.8, 4) is 11.1 Å². The van der Waals surface area contributed by atoms with Crippen molar-refractivity contribution in [3.63, 3.8) is 0 Å². The first-order valence-electron chi connectivity index (χ1n) is 5.15. The Morgan fingerprint density at radius 3 is 2.72 bits per heavy atom. The maximum atomic E-state index is 11.5. The van der Waals surface area contributed by atoms with Crippen molar-refractivity contribution in [1.29, 1.82) is 0 Å². The summed E-state index contributed by atoms with van der Waals surface area (Å²) >= 11 is 0. The van der Waals surface area contributed by atoms with Gasteiger partial charge in [0.2, 0.25) is 0 Å². The molecular weight excluding hydrogens is 234 g/mol. The van der Waals surface area contributed by atoms with E-state index in [2.05, 4.69) is 4.98 Å². The summed E-state index contributed by atoms with van der Waals surface area (Å²) in [5.74, 6) is -1.19. The van der Waals surface area contributed by atoms with Gasteiger partial charge in [0.15, 0.2) is 0 Å². The number of pyridine rings is 2. The molecule has 2 aromatic heterocycles. The van der Waals surface area contributed by atoms with E-state index in [1.165, 1.54) is 22.9 Å². The molecule has 0 aliphatic heterocycles. The second kappa shape index (κ2) is 4.33. The molecule has 0 aliphatic rings. The van der Waals surface area contributed by atoms with E-state index in [4.69, 9.17) is 10.8 Å². The summed E-state index contributed by atoms with van der Waals surface area (Å²) in [4.78, 5) is 26.3. The molecular formula is C12H11N3O3. The third-order valence-corrected chi connectivity index (χ3v) is 2.59. The summed E-state index contributed by atoms with van der Waals surface area (Å²) in [6, 6.07) is 4.53. The van der Waals surface area contributed by atoms with E-state index < -0.39 is 5.97 Å². The molecule has 0 saturated carbocycles. The molecule has 2 heterocycles. The summed E-state index contributed by atoms with van der Waals surface area (Å²) in [6.45, 7) is 0. The molecule has 0 spiro atoms. The number of nitrogens with zero attached hydrogens (tertiary/aromatic N) is 2. The number of hydrogen-bond donors (Lipinski definition) is 2. The number of aryl methyl sites for hydroxylation is 1. The standard InChI is InChI=1S/C12H11N3O3/c1-15-3-2-7(5-10(15)16)8-4-9(12(17)18)11(13)14-6-8/h2-6H,1H3,(H2,13,14)(H,17,18). The average Bonchev–Trinajstić information content (AvgIpc) is 2.33. The molecule has 0 fully saturated rings. The summed E-state index contributed by atoms with van der Waals surface area (Å²) in [5.41, 5.74) is 6.36. The van der Waals surface area contributed by atoms with E-state index in [0.29, 0.717) is 11.1 Å². The molecule has 18 heavy (non-hydrogen) atoms. The van der Waals surface area contributed by atoms with Gasteiger partial charge in [0.25, 0.3) is 5.56 Å². The number of carboxylic acids is 1. The number of nitrogens with two attached hydrogens (primary N) is 1. The fraction of sp³-hybridized carbons (Fsp3) is 0.0833. The second-order valence-electron chi connectivity index (χ2n) is 3.83. The Morgan fingerprint density at radius 1 is 1.39 bits per heavy atom. The van der Waals surface area contributed by atoms with Gasteiger partial charge in [0.1, 0.15) is 11.4 Å². The van der Waals surface area contributed by atoms with Crippen molar-refractivity contribution < 1.29 is 9.90 Å². The van der Waals surface area contributed by atoms with Crippen LogP contribution >= 0.6 is 0 Å². The van der Waals surface area contributed by atoms with Crippen LogP contribution in [0, 0.1) is 0 Å². The highest BCUT2D eigenvalue weighted by molar-refractivity contribution is 5.94. The first-order valence-corrected chi connectivity index (χ1v) is 5.15. The lowest BCUT2D eigenvalue weighted by Gasteiger charge is -2.05. The minimum Gasteiger partial charge on any atom is -0.478 e. The Balaban J connectivity index is 2.57. The topological polar surface area (TPSA) is 98.2 Å². The second-order valence-corrected chi connectivity index (χ2v) is 3.83. The van der Waals surface area contributed by atoms with E-state index >= 15 is 0 Å². The van der Waals surface area contributed by atoms with Crippen LogP contribution in [0.2, 0.25) is 0 Å². The number of nitrogen functional groups attached to an aromatic ring is 1. The van der Waals surface area contributed by atoms with Crippen molar-refractivity contribution >= 4 is 11.8 Å². The van der Waals surface area contributed by atoms with Gasteiger partial charge in [-0.15, -0.1) is 0 Å². The number of aromatic carboxylic acids is 1. The SMILES string of the molecule is Cn1ccc(-c2cnc(N)c(C(=O)O)c2)cc1=O. The van der Waals surface area contributed by atoms with Crippen molar-refractivity contribution in [2.45, 2.75) is 0 Å². The molecule has 0 atom stereocenters. The molecule has 0 radical (unpaired) electrons. The highest BCUT2D eigenvalue weighted by Crippen LogP contribution is 2.20. The number of rotatable bonds is 2. The molecule has 92 valence electrons. The molecule has 3 N–H and O–H groups in total. The predicted octanol–water partition coefficient (Wildman–Crippen LogP) is 0.728. The summed E-state index contributed by atoms with van der Waals surface area (Å²) in [7, 11) is 1.63. The van der Waals surface area contributed by atoms with Crippen LogP contribution in [0.4, 0.5) is 5.82 Å². The van der Waals surface area contributed by atoms with Gasteiger partial charge in [0, 0.05) is 31.1 Å². The molecule has 2 aromatic rings. The van der Waals surface area contributed by atoms with Crippen molar-refractivity contribution in [1.82, 2.24) is 9.55 Å². The quantitative estimate of drug-likeness (QED) is 0.812. The van der Waals surface area contributed by atoms with Gasteiger partial charge in [-0.25, -0.2) is 9.78 Å². The molecule has 6 heteroatoms. The smallest absolute Gasteiger partial charge is 0.339 e.